The van der Waals surface area contributed by atoms with E-state index in [1.165, 1.54) is 12.8 Å². The molecular formula is C11H26N2O. The maximum Gasteiger partial charge on any atom is 0.0443 e. The van der Waals surface area contributed by atoms with Crippen molar-refractivity contribution in [1.29, 1.82) is 0 Å². The maximum absolute atomic E-state index is 8.71. The van der Waals surface area contributed by atoms with Crippen molar-refractivity contribution in [3.05, 3.63) is 0 Å². The van der Waals surface area contributed by atoms with Gasteiger partial charge in [0, 0.05) is 18.7 Å². The number of nitrogens with one attached hydrogen (secondary N) is 1. The zero-order valence-corrected chi connectivity index (χ0v) is 9.68. The van der Waals surface area contributed by atoms with Crippen molar-refractivity contribution >= 4 is 0 Å². The summed E-state index contributed by atoms with van der Waals surface area (Å²) in [6.07, 6.45) is 5.45. The van der Waals surface area contributed by atoms with E-state index in [1.54, 1.807) is 0 Å². The Labute approximate surface area is 88.1 Å². The highest BCUT2D eigenvalue weighted by molar-refractivity contribution is 4.87. The predicted molar refractivity (Wildman–Crippen MR) is 61.3 cm³/mol. The first kappa shape index (κ1) is 13.9. The number of rotatable bonds is 9. The van der Waals surface area contributed by atoms with E-state index in [9.17, 15) is 0 Å². The molecule has 86 valence electrons. The summed E-state index contributed by atoms with van der Waals surface area (Å²) in [6, 6.07) is 0. The number of nitrogens with two attached hydrogens (primary N) is 1. The van der Waals surface area contributed by atoms with Crippen molar-refractivity contribution in [1.82, 2.24) is 5.32 Å². The van der Waals surface area contributed by atoms with Crippen LogP contribution in [0.15, 0.2) is 0 Å². The zero-order valence-electron chi connectivity index (χ0n) is 9.68. The van der Waals surface area contributed by atoms with Crippen LogP contribution in [0, 0.1) is 0 Å². The molecule has 3 heteroatoms. The van der Waals surface area contributed by atoms with Crippen LogP contribution >= 0.6 is 0 Å². The van der Waals surface area contributed by atoms with E-state index in [4.69, 9.17) is 10.8 Å². The van der Waals surface area contributed by atoms with Gasteiger partial charge in [-0.2, -0.15) is 0 Å². The van der Waals surface area contributed by atoms with Crippen molar-refractivity contribution in [2.24, 2.45) is 5.73 Å². The highest BCUT2D eigenvalue weighted by Gasteiger charge is 2.24. The molecule has 0 aliphatic carbocycles. The van der Waals surface area contributed by atoms with Crippen molar-refractivity contribution in [3.63, 3.8) is 0 Å². The van der Waals surface area contributed by atoms with E-state index < -0.39 is 0 Å². The molecule has 0 radical (unpaired) electrons. The lowest BCUT2D eigenvalue weighted by Gasteiger charge is -2.33. The van der Waals surface area contributed by atoms with Gasteiger partial charge in [-0.05, 0) is 25.8 Å². The second-order valence-corrected chi connectivity index (χ2v) is 3.95. The van der Waals surface area contributed by atoms with E-state index in [-0.39, 0.29) is 12.1 Å². The average Bonchev–Trinajstić information content (AvgIpc) is 2.24. The molecule has 1 unspecified atom stereocenters. The Morgan fingerprint density at radius 3 is 2.43 bits per heavy atom. The Morgan fingerprint density at radius 2 is 2.00 bits per heavy atom. The van der Waals surface area contributed by atoms with Gasteiger partial charge in [0.1, 0.15) is 0 Å². The van der Waals surface area contributed by atoms with E-state index in [2.05, 4.69) is 19.2 Å². The summed E-state index contributed by atoms with van der Waals surface area (Å²) in [5, 5.41) is 12.2. The first-order valence-electron chi connectivity index (χ1n) is 5.80. The van der Waals surface area contributed by atoms with Gasteiger partial charge in [-0.1, -0.05) is 26.7 Å². The molecule has 0 aromatic heterocycles. The Hall–Kier alpha value is -0.120. The average molecular weight is 202 g/mol. The summed E-state index contributed by atoms with van der Waals surface area (Å²) in [6.45, 7) is 6.18. The fraction of sp³-hybridized carbons (Fsp3) is 1.00. The molecule has 0 fully saturated rings. The van der Waals surface area contributed by atoms with Crippen molar-refractivity contribution < 1.29 is 5.11 Å². The molecule has 0 spiro atoms. The van der Waals surface area contributed by atoms with E-state index in [0.717, 1.165) is 25.8 Å². The van der Waals surface area contributed by atoms with Crippen LogP contribution in [0.25, 0.3) is 0 Å². The third-order valence-corrected chi connectivity index (χ3v) is 2.91. The summed E-state index contributed by atoms with van der Waals surface area (Å²) in [5.74, 6) is 0. The van der Waals surface area contributed by atoms with Gasteiger partial charge in [0.15, 0.2) is 0 Å². The lowest BCUT2D eigenvalue weighted by molar-refractivity contribution is 0.253. The minimum atomic E-state index is 0.102. The fourth-order valence-corrected chi connectivity index (χ4v) is 1.66. The van der Waals surface area contributed by atoms with Crippen molar-refractivity contribution in [2.45, 2.75) is 51.5 Å². The molecule has 14 heavy (non-hydrogen) atoms. The van der Waals surface area contributed by atoms with Gasteiger partial charge in [-0.3, -0.25) is 0 Å². The number of aliphatic hydroxyl groups is 1. The molecule has 4 N–H and O–H groups in total. The second-order valence-electron chi connectivity index (χ2n) is 3.95. The second kappa shape index (κ2) is 8.21. The topological polar surface area (TPSA) is 58.3 Å². The van der Waals surface area contributed by atoms with Gasteiger partial charge in [0.2, 0.25) is 0 Å². The van der Waals surface area contributed by atoms with Gasteiger partial charge < -0.3 is 16.2 Å². The normalized spacial score (nSPS) is 15.4. The van der Waals surface area contributed by atoms with E-state index in [0.29, 0.717) is 6.54 Å². The molecule has 0 amide bonds. The highest BCUT2D eigenvalue weighted by atomic mass is 16.3. The number of aliphatic hydroxyl groups excluding tert-OH is 1. The standard InChI is InChI=1S/C11H26N2O/c1-3-5-7-11(4-2,10-12)13-8-6-9-14/h13-14H,3-10,12H2,1-2H3. The number of hydrogen-bond donors (Lipinski definition) is 3. The Kier molecular flexibility index (Phi) is 8.14. The molecule has 3 nitrogen and oxygen atoms in total. The first-order valence-corrected chi connectivity index (χ1v) is 5.80. The third-order valence-electron chi connectivity index (χ3n) is 2.91. The van der Waals surface area contributed by atoms with Crippen LogP contribution in [-0.4, -0.2) is 30.3 Å². The van der Waals surface area contributed by atoms with Crippen LogP contribution in [-0.2, 0) is 0 Å². The van der Waals surface area contributed by atoms with Crippen LogP contribution in [0.3, 0.4) is 0 Å². The molecule has 0 rings (SSSR count). The number of unbranched alkanes of at least 4 members (excludes halogenated alkanes) is 1. The minimum absolute atomic E-state index is 0.102. The van der Waals surface area contributed by atoms with Gasteiger partial charge in [-0.25, -0.2) is 0 Å². The van der Waals surface area contributed by atoms with E-state index in [1.807, 2.05) is 0 Å². The summed E-state index contributed by atoms with van der Waals surface area (Å²) < 4.78 is 0. The lowest BCUT2D eigenvalue weighted by Crippen LogP contribution is -2.51. The summed E-state index contributed by atoms with van der Waals surface area (Å²) in [4.78, 5) is 0. The smallest absolute Gasteiger partial charge is 0.0443 e. The van der Waals surface area contributed by atoms with Gasteiger partial charge in [0.05, 0.1) is 0 Å². The molecule has 1 atom stereocenters. The Morgan fingerprint density at radius 1 is 1.29 bits per heavy atom. The maximum atomic E-state index is 8.71. The molecule has 0 aliphatic rings. The predicted octanol–water partition coefficient (Wildman–Crippen LogP) is 1.26. The minimum Gasteiger partial charge on any atom is -0.396 e. The summed E-state index contributed by atoms with van der Waals surface area (Å²) >= 11 is 0. The molecule has 0 saturated heterocycles. The molecular weight excluding hydrogens is 176 g/mol. The molecule has 0 saturated carbocycles. The van der Waals surface area contributed by atoms with Crippen LogP contribution in [0.5, 0.6) is 0 Å². The quantitative estimate of drug-likeness (QED) is 0.493. The van der Waals surface area contributed by atoms with Crippen LogP contribution < -0.4 is 11.1 Å². The van der Waals surface area contributed by atoms with Gasteiger partial charge in [-0.15, -0.1) is 0 Å². The lowest BCUT2D eigenvalue weighted by atomic mass is 9.89. The largest absolute Gasteiger partial charge is 0.396 e. The molecule has 0 bridgehead atoms. The van der Waals surface area contributed by atoms with Gasteiger partial charge in [0.25, 0.3) is 0 Å². The Balaban J connectivity index is 3.94. The van der Waals surface area contributed by atoms with Crippen molar-refractivity contribution in [2.75, 3.05) is 19.7 Å². The van der Waals surface area contributed by atoms with Gasteiger partial charge >= 0.3 is 0 Å². The first-order chi connectivity index (χ1) is 6.74. The highest BCUT2D eigenvalue weighted by Crippen LogP contribution is 2.17. The Bertz CT molecular complexity index is 124. The fourth-order valence-electron chi connectivity index (χ4n) is 1.66. The van der Waals surface area contributed by atoms with Crippen molar-refractivity contribution in [3.8, 4) is 0 Å². The van der Waals surface area contributed by atoms with Crippen LogP contribution in [0.4, 0.5) is 0 Å². The van der Waals surface area contributed by atoms with Crippen LogP contribution in [0.1, 0.15) is 46.0 Å². The van der Waals surface area contributed by atoms with E-state index >= 15 is 0 Å². The third kappa shape index (κ3) is 4.94. The molecule has 0 aromatic carbocycles. The molecule has 0 heterocycles. The molecule has 0 aromatic rings. The summed E-state index contributed by atoms with van der Waals surface area (Å²) in [7, 11) is 0. The van der Waals surface area contributed by atoms with Crippen LogP contribution in [0.2, 0.25) is 0 Å². The zero-order chi connectivity index (χ0) is 10.9. The SMILES string of the molecule is CCCCC(CC)(CN)NCCCO. The summed E-state index contributed by atoms with van der Waals surface area (Å²) in [5.41, 5.74) is 5.92. The monoisotopic (exact) mass is 202 g/mol. The molecule has 0 aliphatic heterocycles. The number of hydrogen-bond acceptors (Lipinski definition) is 3.